The van der Waals surface area contributed by atoms with Crippen LogP contribution in [0.15, 0.2) is 85.2 Å². The molecule has 0 radical (unpaired) electrons. The molecule has 2 atom stereocenters. The van der Waals surface area contributed by atoms with E-state index in [2.05, 4.69) is 73.8 Å². The molecule has 0 saturated carbocycles. The van der Waals surface area contributed by atoms with Crippen LogP contribution in [0.2, 0.25) is 0 Å². The van der Waals surface area contributed by atoms with Crippen molar-refractivity contribution in [3.05, 3.63) is 114 Å². The first-order valence-electron chi connectivity index (χ1n) is 15.8. The van der Waals surface area contributed by atoms with E-state index in [1.54, 1.807) is 7.11 Å². The minimum Gasteiger partial charge on any atom is -0.497 e. The van der Waals surface area contributed by atoms with Crippen LogP contribution in [0.3, 0.4) is 0 Å². The van der Waals surface area contributed by atoms with Gasteiger partial charge in [0.25, 0.3) is 0 Å². The Morgan fingerprint density at radius 1 is 0.911 bits per heavy atom. The first-order chi connectivity index (χ1) is 22.2. The molecule has 9 nitrogen and oxygen atoms in total. The Morgan fingerprint density at radius 2 is 1.62 bits per heavy atom. The second-order valence-electron chi connectivity index (χ2n) is 11.9. The number of nitrogens with one attached hydrogen (secondary N) is 4. The molecule has 1 unspecified atom stereocenters. The summed E-state index contributed by atoms with van der Waals surface area (Å²) in [4.78, 5) is 20.5. The zero-order valence-corrected chi connectivity index (χ0v) is 25.6. The maximum absolute atomic E-state index is 13.7. The highest BCUT2D eigenvalue weighted by Gasteiger charge is 2.28. The quantitative estimate of drug-likeness (QED) is 0.154. The summed E-state index contributed by atoms with van der Waals surface area (Å²) in [6.07, 6.45) is 9.23. The number of fused-ring (bicyclic) bond motifs is 2. The second kappa shape index (κ2) is 13.0. The van der Waals surface area contributed by atoms with Gasteiger partial charge in [-0.3, -0.25) is 4.79 Å². The Hall–Kier alpha value is -4.89. The molecule has 3 aromatic heterocycles. The van der Waals surface area contributed by atoms with Gasteiger partial charge in [-0.15, -0.1) is 10.2 Å². The number of amides is 1. The van der Waals surface area contributed by atoms with Gasteiger partial charge in [-0.05, 0) is 66.8 Å². The van der Waals surface area contributed by atoms with Crippen molar-refractivity contribution in [1.29, 1.82) is 0 Å². The first kappa shape index (κ1) is 28.9. The molecular formula is C36H39N7O2. The number of aryl methyl sites for hydroxylation is 2. The van der Waals surface area contributed by atoms with Crippen LogP contribution >= 0.6 is 0 Å². The highest BCUT2D eigenvalue weighted by atomic mass is 16.5. The van der Waals surface area contributed by atoms with E-state index in [-0.39, 0.29) is 18.0 Å². The molecule has 4 N–H and O–H groups in total. The molecule has 1 fully saturated rings. The molecule has 45 heavy (non-hydrogen) atoms. The van der Waals surface area contributed by atoms with E-state index >= 15 is 0 Å². The average Bonchev–Trinajstić information content (AvgIpc) is 3.81. The molecule has 3 aromatic carbocycles. The molecule has 0 bridgehead atoms. The van der Waals surface area contributed by atoms with Crippen LogP contribution in [0.25, 0.3) is 21.8 Å². The lowest BCUT2D eigenvalue weighted by Crippen LogP contribution is -2.48. The van der Waals surface area contributed by atoms with Crippen molar-refractivity contribution in [2.75, 3.05) is 13.7 Å². The standard InChI is InChI=1S/C36H39N7O2/c1-45-27-16-13-24(14-17-27)23-43-34(18-15-25-21-38-30-10-4-2-8-28(25)30)41-42-35(43)33(40-36(44)32-12-6-7-19-37-32)20-26-22-39-31-11-5-3-9-29(26)31/h2-5,8-11,13-14,16-17,21-22,32-33,37-39H,6-7,12,15,18-20,23H2,1H3,(H,40,44)/t32-,33?/m0/s1. The molecule has 1 saturated heterocycles. The molecule has 6 aromatic rings. The summed E-state index contributed by atoms with van der Waals surface area (Å²) < 4.78 is 7.61. The van der Waals surface area contributed by atoms with Crippen molar-refractivity contribution in [2.24, 2.45) is 0 Å². The molecule has 1 aliphatic heterocycles. The summed E-state index contributed by atoms with van der Waals surface area (Å²) in [5.74, 6) is 2.47. The Kier molecular flexibility index (Phi) is 8.33. The number of H-pyrrole nitrogens is 2. The van der Waals surface area contributed by atoms with E-state index in [1.807, 2.05) is 36.5 Å². The van der Waals surface area contributed by atoms with Crippen molar-refractivity contribution in [2.45, 2.75) is 57.2 Å². The molecule has 0 aliphatic carbocycles. The number of carbonyl (C=O) groups excluding carboxylic acids is 1. The monoisotopic (exact) mass is 601 g/mol. The lowest BCUT2D eigenvalue weighted by Gasteiger charge is -2.26. The molecule has 1 aliphatic rings. The van der Waals surface area contributed by atoms with Gasteiger partial charge in [-0.25, -0.2) is 0 Å². The SMILES string of the molecule is COc1ccc(Cn2c(CCc3c[nH]c4ccccc34)nnc2C(Cc2c[nH]c3ccccc23)NC(=O)[C@@H]2CCCCN2)cc1. The maximum atomic E-state index is 13.7. The predicted molar refractivity (Wildman–Crippen MR) is 176 cm³/mol. The largest absolute Gasteiger partial charge is 0.497 e. The van der Waals surface area contributed by atoms with E-state index in [1.165, 1.54) is 10.9 Å². The van der Waals surface area contributed by atoms with Crippen LogP contribution in [0.4, 0.5) is 0 Å². The van der Waals surface area contributed by atoms with Crippen LogP contribution in [-0.2, 0) is 30.6 Å². The third-order valence-electron chi connectivity index (χ3n) is 9.00. The summed E-state index contributed by atoms with van der Waals surface area (Å²) in [6.45, 7) is 1.44. The Balaban J connectivity index is 1.25. The molecular weight excluding hydrogens is 562 g/mol. The molecule has 0 spiro atoms. The smallest absolute Gasteiger partial charge is 0.237 e. The number of hydrogen-bond donors (Lipinski definition) is 4. The highest BCUT2D eigenvalue weighted by molar-refractivity contribution is 5.84. The zero-order chi connectivity index (χ0) is 30.6. The van der Waals surface area contributed by atoms with Gasteiger partial charge in [0.05, 0.1) is 25.7 Å². The van der Waals surface area contributed by atoms with Crippen molar-refractivity contribution in [1.82, 2.24) is 35.4 Å². The van der Waals surface area contributed by atoms with E-state index in [4.69, 9.17) is 14.9 Å². The number of methoxy groups -OCH3 is 1. The van der Waals surface area contributed by atoms with Gasteiger partial charge in [-0.2, -0.15) is 0 Å². The predicted octanol–water partition coefficient (Wildman–Crippen LogP) is 5.62. The van der Waals surface area contributed by atoms with Gasteiger partial charge in [0, 0.05) is 47.0 Å². The summed E-state index contributed by atoms with van der Waals surface area (Å²) in [5.41, 5.74) is 5.69. The molecule has 1 amide bonds. The molecule has 7 rings (SSSR count). The van der Waals surface area contributed by atoms with Crippen molar-refractivity contribution >= 4 is 27.7 Å². The third-order valence-corrected chi connectivity index (χ3v) is 9.00. The summed E-state index contributed by atoms with van der Waals surface area (Å²) >= 11 is 0. The third kappa shape index (κ3) is 6.21. The van der Waals surface area contributed by atoms with E-state index in [0.717, 1.165) is 77.2 Å². The maximum Gasteiger partial charge on any atom is 0.237 e. The minimum absolute atomic E-state index is 0.0129. The highest BCUT2D eigenvalue weighted by Crippen LogP contribution is 2.27. The van der Waals surface area contributed by atoms with Crippen LogP contribution < -0.4 is 15.4 Å². The minimum atomic E-state index is -0.368. The van der Waals surface area contributed by atoms with E-state index < -0.39 is 0 Å². The number of aromatic nitrogens is 5. The number of ether oxygens (including phenoxy) is 1. The lowest BCUT2D eigenvalue weighted by molar-refractivity contribution is -0.124. The number of para-hydroxylation sites is 2. The van der Waals surface area contributed by atoms with Gasteiger partial charge < -0.3 is 29.9 Å². The Bertz CT molecular complexity index is 1900. The van der Waals surface area contributed by atoms with Crippen LogP contribution in [0.1, 0.15) is 53.6 Å². The van der Waals surface area contributed by atoms with E-state index in [9.17, 15) is 4.79 Å². The van der Waals surface area contributed by atoms with Crippen molar-refractivity contribution in [3.63, 3.8) is 0 Å². The van der Waals surface area contributed by atoms with Gasteiger partial charge in [-0.1, -0.05) is 55.0 Å². The fourth-order valence-electron chi connectivity index (χ4n) is 6.54. The average molecular weight is 602 g/mol. The van der Waals surface area contributed by atoms with Crippen LogP contribution in [-0.4, -0.2) is 50.3 Å². The molecule has 4 heterocycles. The topological polar surface area (TPSA) is 113 Å². The fourth-order valence-corrected chi connectivity index (χ4v) is 6.54. The number of piperidine rings is 1. The van der Waals surface area contributed by atoms with Gasteiger partial charge in [0.15, 0.2) is 5.82 Å². The second-order valence-corrected chi connectivity index (χ2v) is 11.9. The van der Waals surface area contributed by atoms with Gasteiger partial charge >= 0.3 is 0 Å². The molecule has 230 valence electrons. The number of carbonyl (C=O) groups is 1. The summed E-state index contributed by atoms with van der Waals surface area (Å²) in [5, 5.41) is 18.7. The summed E-state index contributed by atoms with van der Waals surface area (Å²) in [6, 6.07) is 24.2. The number of rotatable bonds is 11. The number of hydrogen-bond acceptors (Lipinski definition) is 5. The zero-order valence-electron chi connectivity index (χ0n) is 25.6. The van der Waals surface area contributed by atoms with Crippen LogP contribution in [0.5, 0.6) is 5.75 Å². The Labute approximate surface area is 262 Å². The number of benzene rings is 3. The number of aromatic amines is 2. The normalized spacial score (nSPS) is 15.8. The fraction of sp³-hybridized carbons (Fsp3) is 0.306. The van der Waals surface area contributed by atoms with Gasteiger partial charge in [0.2, 0.25) is 5.91 Å². The van der Waals surface area contributed by atoms with E-state index in [0.29, 0.717) is 19.4 Å². The first-order valence-corrected chi connectivity index (χ1v) is 15.8. The number of nitrogens with zero attached hydrogens (tertiary/aromatic N) is 3. The Morgan fingerprint density at radius 3 is 2.33 bits per heavy atom. The van der Waals surface area contributed by atoms with Crippen molar-refractivity contribution in [3.8, 4) is 5.75 Å². The van der Waals surface area contributed by atoms with Crippen LogP contribution in [0, 0.1) is 0 Å². The molecule has 9 heteroatoms. The van der Waals surface area contributed by atoms with Gasteiger partial charge in [0.1, 0.15) is 11.6 Å². The van der Waals surface area contributed by atoms with Crippen molar-refractivity contribution < 1.29 is 9.53 Å². The lowest BCUT2D eigenvalue weighted by atomic mass is 10.0. The summed E-state index contributed by atoms with van der Waals surface area (Å²) in [7, 11) is 1.68.